The van der Waals surface area contributed by atoms with Crippen molar-refractivity contribution >= 4 is 0 Å². The summed E-state index contributed by atoms with van der Waals surface area (Å²) in [6.07, 6.45) is 1.28. The predicted molar refractivity (Wildman–Crippen MR) is 55.8 cm³/mol. The summed E-state index contributed by atoms with van der Waals surface area (Å²) < 4.78 is 27.4. The van der Waals surface area contributed by atoms with E-state index in [0.717, 1.165) is 0 Å². The molecule has 1 N–H and O–H groups in total. The summed E-state index contributed by atoms with van der Waals surface area (Å²) in [4.78, 5) is 3.74. The Balaban J connectivity index is 2.56. The molecule has 1 aromatic heterocycles. The molecular formula is C11H11F2N3. The van der Waals surface area contributed by atoms with E-state index in [1.165, 1.54) is 18.5 Å². The van der Waals surface area contributed by atoms with Crippen molar-refractivity contribution in [1.29, 1.82) is 0 Å². The summed E-state index contributed by atoms with van der Waals surface area (Å²) in [5, 5.41) is 6.09. The zero-order valence-corrected chi connectivity index (χ0v) is 8.96. The van der Waals surface area contributed by atoms with Gasteiger partial charge in [-0.15, -0.1) is 0 Å². The minimum Gasteiger partial charge on any atom is -0.265 e. The Labute approximate surface area is 91.5 Å². The van der Waals surface area contributed by atoms with E-state index in [9.17, 15) is 8.78 Å². The van der Waals surface area contributed by atoms with Crippen LogP contribution < -0.4 is 0 Å². The lowest BCUT2D eigenvalue weighted by molar-refractivity contribution is 0.581. The molecule has 5 heteroatoms. The van der Waals surface area contributed by atoms with E-state index in [1.54, 1.807) is 0 Å². The van der Waals surface area contributed by atoms with Gasteiger partial charge in [0.1, 0.15) is 18.0 Å². The number of hydrogen-bond donors (Lipinski definition) is 1. The van der Waals surface area contributed by atoms with Gasteiger partial charge >= 0.3 is 0 Å². The van der Waals surface area contributed by atoms with E-state index in [0.29, 0.717) is 5.56 Å². The molecule has 0 amide bonds. The minimum absolute atomic E-state index is 0.0327. The first-order chi connectivity index (χ1) is 7.59. The molecule has 0 radical (unpaired) electrons. The van der Waals surface area contributed by atoms with Crippen molar-refractivity contribution in [1.82, 2.24) is 15.2 Å². The Hall–Kier alpha value is -1.78. The number of aromatic amines is 1. The molecule has 0 aliphatic carbocycles. The van der Waals surface area contributed by atoms with Crippen LogP contribution in [0.4, 0.5) is 8.78 Å². The van der Waals surface area contributed by atoms with Crippen LogP contribution in [0.2, 0.25) is 0 Å². The Bertz CT molecular complexity index is 469. The first kappa shape index (κ1) is 10.7. The predicted octanol–water partition coefficient (Wildman–Crippen LogP) is 2.87. The normalized spacial score (nSPS) is 11.1. The van der Waals surface area contributed by atoms with Crippen LogP contribution in [0, 0.1) is 11.6 Å². The molecule has 0 fully saturated rings. The second kappa shape index (κ2) is 4.00. The van der Waals surface area contributed by atoms with Crippen LogP contribution in [0.25, 0.3) is 11.4 Å². The number of rotatable bonds is 2. The van der Waals surface area contributed by atoms with Crippen molar-refractivity contribution in [3.63, 3.8) is 0 Å². The third-order valence-corrected chi connectivity index (χ3v) is 2.37. The number of halogens is 2. The Morgan fingerprint density at radius 2 is 1.81 bits per heavy atom. The second-order valence-corrected chi connectivity index (χ2v) is 3.84. The third kappa shape index (κ3) is 1.80. The number of nitrogens with zero attached hydrogens (tertiary/aromatic N) is 2. The monoisotopic (exact) mass is 223 g/mol. The van der Waals surface area contributed by atoms with E-state index < -0.39 is 11.6 Å². The molecule has 2 aromatic rings. The van der Waals surface area contributed by atoms with Gasteiger partial charge in [-0.3, -0.25) is 5.10 Å². The zero-order valence-electron chi connectivity index (χ0n) is 8.96. The van der Waals surface area contributed by atoms with Gasteiger partial charge in [0.25, 0.3) is 0 Å². The molecule has 0 atom stereocenters. The molecule has 16 heavy (non-hydrogen) atoms. The van der Waals surface area contributed by atoms with Crippen LogP contribution in [0.3, 0.4) is 0 Å². The van der Waals surface area contributed by atoms with Crippen molar-refractivity contribution in [2.75, 3.05) is 0 Å². The molecule has 84 valence electrons. The van der Waals surface area contributed by atoms with Gasteiger partial charge in [0.15, 0.2) is 5.82 Å². The standard InChI is InChI=1S/C11H11F2N3/c1-6(2)7-3-8(12)10(9(13)4-7)11-14-5-15-16-11/h3-6H,1-2H3,(H,14,15,16). The van der Waals surface area contributed by atoms with Gasteiger partial charge in [0, 0.05) is 0 Å². The molecule has 0 spiro atoms. The summed E-state index contributed by atoms with van der Waals surface area (Å²) in [6.45, 7) is 3.75. The molecule has 0 aliphatic heterocycles. The SMILES string of the molecule is CC(C)c1cc(F)c(-c2nc[nH]n2)c(F)c1. The van der Waals surface area contributed by atoms with Crippen molar-refractivity contribution < 1.29 is 8.78 Å². The lowest BCUT2D eigenvalue weighted by Crippen LogP contribution is -1.97. The lowest BCUT2D eigenvalue weighted by Gasteiger charge is -2.08. The van der Waals surface area contributed by atoms with Gasteiger partial charge < -0.3 is 0 Å². The van der Waals surface area contributed by atoms with Crippen LogP contribution in [0.1, 0.15) is 25.3 Å². The second-order valence-electron chi connectivity index (χ2n) is 3.84. The van der Waals surface area contributed by atoms with Gasteiger partial charge in [-0.2, -0.15) is 5.10 Å². The fourth-order valence-corrected chi connectivity index (χ4v) is 1.47. The Morgan fingerprint density at radius 3 is 2.25 bits per heavy atom. The van der Waals surface area contributed by atoms with Crippen molar-refractivity contribution in [2.45, 2.75) is 19.8 Å². The number of benzene rings is 1. The van der Waals surface area contributed by atoms with Crippen molar-refractivity contribution in [3.05, 3.63) is 35.7 Å². The third-order valence-electron chi connectivity index (χ3n) is 2.37. The highest BCUT2D eigenvalue weighted by molar-refractivity contribution is 5.57. The average Bonchev–Trinajstić information content (AvgIpc) is 2.69. The summed E-state index contributed by atoms with van der Waals surface area (Å²) in [5.41, 5.74) is 0.430. The topological polar surface area (TPSA) is 41.6 Å². The molecule has 0 bridgehead atoms. The highest BCUT2D eigenvalue weighted by atomic mass is 19.1. The zero-order chi connectivity index (χ0) is 11.7. The molecule has 0 saturated carbocycles. The van der Waals surface area contributed by atoms with Crippen LogP contribution in [0.15, 0.2) is 18.5 Å². The smallest absolute Gasteiger partial charge is 0.186 e. The molecule has 0 saturated heterocycles. The summed E-state index contributed by atoms with van der Waals surface area (Å²) in [5.74, 6) is -1.16. The number of H-pyrrole nitrogens is 1. The summed E-state index contributed by atoms with van der Waals surface area (Å²) in [6, 6.07) is 2.64. The van der Waals surface area contributed by atoms with Crippen molar-refractivity contribution in [3.8, 4) is 11.4 Å². The average molecular weight is 223 g/mol. The fourth-order valence-electron chi connectivity index (χ4n) is 1.47. The molecule has 0 aliphatic rings. The van der Waals surface area contributed by atoms with Crippen molar-refractivity contribution in [2.24, 2.45) is 0 Å². The summed E-state index contributed by atoms with van der Waals surface area (Å²) >= 11 is 0. The summed E-state index contributed by atoms with van der Waals surface area (Å²) in [7, 11) is 0. The number of nitrogens with one attached hydrogen (secondary N) is 1. The molecule has 0 unspecified atom stereocenters. The maximum Gasteiger partial charge on any atom is 0.186 e. The number of hydrogen-bond acceptors (Lipinski definition) is 2. The van der Waals surface area contributed by atoms with Crippen LogP contribution in [-0.2, 0) is 0 Å². The Morgan fingerprint density at radius 1 is 1.19 bits per heavy atom. The van der Waals surface area contributed by atoms with Crippen LogP contribution >= 0.6 is 0 Å². The lowest BCUT2D eigenvalue weighted by atomic mass is 10.0. The molecular weight excluding hydrogens is 212 g/mol. The molecule has 3 nitrogen and oxygen atoms in total. The highest BCUT2D eigenvalue weighted by Crippen LogP contribution is 2.26. The van der Waals surface area contributed by atoms with Gasteiger partial charge in [0.05, 0.1) is 5.56 Å². The fraction of sp³-hybridized carbons (Fsp3) is 0.273. The quantitative estimate of drug-likeness (QED) is 0.850. The van der Waals surface area contributed by atoms with Crippen LogP contribution in [0.5, 0.6) is 0 Å². The van der Waals surface area contributed by atoms with E-state index in [-0.39, 0.29) is 17.3 Å². The van der Waals surface area contributed by atoms with Gasteiger partial charge in [-0.05, 0) is 23.6 Å². The first-order valence-electron chi connectivity index (χ1n) is 4.94. The van der Waals surface area contributed by atoms with Gasteiger partial charge in [-0.25, -0.2) is 13.8 Å². The van der Waals surface area contributed by atoms with E-state index in [4.69, 9.17) is 0 Å². The Kier molecular flexibility index (Phi) is 2.68. The molecule has 1 aromatic carbocycles. The van der Waals surface area contributed by atoms with Crippen LogP contribution in [-0.4, -0.2) is 15.2 Å². The largest absolute Gasteiger partial charge is 0.265 e. The van der Waals surface area contributed by atoms with Gasteiger partial charge in [0.2, 0.25) is 0 Å². The van der Waals surface area contributed by atoms with E-state index in [1.807, 2.05) is 13.8 Å². The maximum atomic E-state index is 13.7. The van der Waals surface area contributed by atoms with E-state index in [2.05, 4.69) is 15.2 Å². The molecule has 1 heterocycles. The minimum atomic E-state index is -0.636. The van der Waals surface area contributed by atoms with Gasteiger partial charge in [-0.1, -0.05) is 13.8 Å². The highest BCUT2D eigenvalue weighted by Gasteiger charge is 2.16. The maximum absolute atomic E-state index is 13.7. The number of aromatic nitrogens is 3. The van der Waals surface area contributed by atoms with E-state index >= 15 is 0 Å². The molecule has 2 rings (SSSR count). The first-order valence-corrected chi connectivity index (χ1v) is 4.94.